The van der Waals surface area contributed by atoms with Crippen LogP contribution in [-0.4, -0.2) is 38.6 Å². The zero-order valence-electron chi connectivity index (χ0n) is 16.2. The molecule has 2 aromatic heterocycles. The minimum atomic E-state index is -0.654. The molecule has 3 aromatic rings. The number of pyridine rings is 2. The summed E-state index contributed by atoms with van der Waals surface area (Å²) < 4.78 is 14.7. The van der Waals surface area contributed by atoms with Crippen LogP contribution in [0.15, 0.2) is 65.7 Å². The van der Waals surface area contributed by atoms with Crippen molar-refractivity contribution >= 4 is 5.91 Å². The average Bonchev–Trinajstić information content (AvgIpc) is 3.30. The van der Waals surface area contributed by atoms with Gasteiger partial charge in [-0.25, -0.2) is 9.37 Å². The van der Waals surface area contributed by atoms with Gasteiger partial charge in [0.25, 0.3) is 11.5 Å². The Kier molecular flexibility index (Phi) is 4.29. The van der Waals surface area contributed by atoms with E-state index in [0.29, 0.717) is 25.2 Å². The molecule has 3 heterocycles. The molecule has 1 aliphatic carbocycles. The largest absolute Gasteiger partial charge is 0.388 e. The third kappa shape index (κ3) is 2.93. The van der Waals surface area contributed by atoms with Crippen LogP contribution in [0.25, 0.3) is 5.69 Å². The molecule has 7 heteroatoms. The predicted octanol–water partition coefficient (Wildman–Crippen LogP) is 2.59. The molecule has 1 saturated heterocycles. The van der Waals surface area contributed by atoms with Crippen LogP contribution in [0.5, 0.6) is 0 Å². The van der Waals surface area contributed by atoms with E-state index < -0.39 is 11.9 Å². The second-order valence-electron chi connectivity index (χ2n) is 8.02. The van der Waals surface area contributed by atoms with E-state index in [1.54, 1.807) is 27.8 Å². The van der Waals surface area contributed by atoms with E-state index in [4.69, 9.17) is 0 Å². The Bertz CT molecular complexity index is 1190. The lowest BCUT2D eigenvalue weighted by molar-refractivity contribution is 0.0770. The van der Waals surface area contributed by atoms with Gasteiger partial charge in [-0.1, -0.05) is 12.1 Å². The van der Waals surface area contributed by atoms with Crippen LogP contribution >= 0.6 is 0 Å². The molecule has 152 valence electrons. The third-order valence-electron chi connectivity index (χ3n) is 6.24. The van der Waals surface area contributed by atoms with Gasteiger partial charge in [-0.2, -0.15) is 0 Å². The maximum atomic E-state index is 13.1. The lowest BCUT2D eigenvalue weighted by Crippen LogP contribution is -2.34. The molecule has 1 aliphatic heterocycles. The van der Waals surface area contributed by atoms with E-state index in [2.05, 4.69) is 4.98 Å². The number of halogens is 1. The highest BCUT2D eigenvalue weighted by atomic mass is 19.1. The lowest BCUT2D eigenvalue weighted by atomic mass is 9.81. The summed E-state index contributed by atoms with van der Waals surface area (Å²) in [6, 6.07) is 13.3. The lowest BCUT2D eigenvalue weighted by Gasteiger charge is -2.25. The van der Waals surface area contributed by atoms with E-state index in [1.807, 2.05) is 18.2 Å². The summed E-state index contributed by atoms with van der Waals surface area (Å²) in [6.45, 7) is 1.02. The Morgan fingerprint density at radius 1 is 1.20 bits per heavy atom. The molecule has 1 aromatic carbocycles. The molecule has 1 N–H and O–H groups in total. The Morgan fingerprint density at radius 2 is 2.07 bits per heavy atom. The van der Waals surface area contributed by atoms with E-state index >= 15 is 0 Å². The molecule has 30 heavy (non-hydrogen) atoms. The number of amides is 1. The minimum absolute atomic E-state index is 0.135. The van der Waals surface area contributed by atoms with Crippen LogP contribution in [0, 0.1) is 5.82 Å². The standard InChI is InChI=1S/C23H20FN3O3/c24-15-4-7-19(25-13-15)22(30)26-10-8-23(14-26)12-20(28)17-11-16(5-6-18(17)23)27-9-2-1-3-21(27)29/h1-7,9,11,13,20,28H,8,10,12,14H2. The van der Waals surface area contributed by atoms with E-state index in [-0.39, 0.29) is 22.6 Å². The van der Waals surface area contributed by atoms with E-state index in [0.717, 1.165) is 23.7 Å². The highest BCUT2D eigenvalue weighted by Crippen LogP contribution is 2.50. The van der Waals surface area contributed by atoms with Crippen LogP contribution in [0.4, 0.5) is 4.39 Å². The first-order valence-corrected chi connectivity index (χ1v) is 9.88. The van der Waals surface area contributed by atoms with Crippen molar-refractivity contribution in [3.8, 4) is 5.69 Å². The Labute approximate surface area is 172 Å². The summed E-state index contributed by atoms with van der Waals surface area (Å²) in [6.07, 6.45) is 3.34. The summed E-state index contributed by atoms with van der Waals surface area (Å²) in [5.41, 5.74) is 2.28. The minimum Gasteiger partial charge on any atom is -0.388 e. The fourth-order valence-electron chi connectivity index (χ4n) is 4.79. The van der Waals surface area contributed by atoms with Gasteiger partial charge in [-0.15, -0.1) is 0 Å². The van der Waals surface area contributed by atoms with Crippen molar-refractivity contribution in [2.75, 3.05) is 13.1 Å². The highest BCUT2D eigenvalue weighted by Gasteiger charge is 2.48. The van der Waals surface area contributed by atoms with Crippen molar-refractivity contribution < 1.29 is 14.3 Å². The fraction of sp³-hybridized carbons (Fsp3) is 0.261. The number of carbonyl (C=O) groups is 1. The average molecular weight is 405 g/mol. The SMILES string of the molecule is O=C(c1ccc(F)cn1)N1CCC2(CC(O)c3cc(-n4ccccc4=O)ccc32)C1. The van der Waals surface area contributed by atoms with Crippen LogP contribution in [-0.2, 0) is 5.41 Å². The van der Waals surface area contributed by atoms with Crippen molar-refractivity contribution in [3.05, 3.63) is 93.9 Å². The Hall–Kier alpha value is -3.32. The summed E-state index contributed by atoms with van der Waals surface area (Å²) in [5, 5.41) is 10.8. The number of fused-ring (bicyclic) bond motifs is 2. The zero-order chi connectivity index (χ0) is 20.9. The van der Waals surface area contributed by atoms with Gasteiger partial charge in [0, 0.05) is 36.5 Å². The van der Waals surface area contributed by atoms with Gasteiger partial charge in [-0.3, -0.25) is 14.2 Å². The van der Waals surface area contributed by atoms with Crippen LogP contribution in [0.3, 0.4) is 0 Å². The molecule has 1 amide bonds. The fourth-order valence-corrected chi connectivity index (χ4v) is 4.79. The number of aliphatic hydroxyl groups is 1. The van der Waals surface area contributed by atoms with Crippen LogP contribution in [0.1, 0.15) is 40.6 Å². The van der Waals surface area contributed by atoms with Gasteiger partial charge in [0.1, 0.15) is 11.5 Å². The molecule has 1 spiro atoms. The molecule has 6 nitrogen and oxygen atoms in total. The number of rotatable bonds is 2. The quantitative estimate of drug-likeness (QED) is 0.711. The van der Waals surface area contributed by atoms with Crippen molar-refractivity contribution in [2.24, 2.45) is 0 Å². The first-order chi connectivity index (χ1) is 14.5. The number of aliphatic hydroxyl groups excluding tert-OH is 1. The first-order valence-electron chi connectivity index (χ1n) is 9.88. The van der Waals surface area contributed by atoms with Crippen LogP contribution < -0.4 is 5.56 Å². The monoisotopic (exact) mass is 405 g/mol. The summed E-state index contributed by atoms with van der Waals surface area (Å²) in [5.74, 6) is -0.715. The molecule has 1 fully saturated rings. The van der Waals surface area contributed by atoms with Crippen molar-refractivity contribution in [2.45, 2.75) is 24.4 Å². The van der Waals surface area contributed by atoms with Gasteiger partial charge in [0.15, 0.2) is 0 Å². The number of aromatic nitrogens is 2. The van der Waals surface area contributed by atoms with Gasteiger partial charge in [-0.05, 0) is 54.3 Å². The molecule has 2 atom stereocenters. The Balaban J connectivity index is 1.45. The second-order valence-corrected chi connectivity index (χ2v) is 8.02. The zero-order valence-corrected chi connectivity index (χ0v) is 16.2. The second kappa shape index (κ2) is 6.88. The molecule has 2 aliphatic rings. The number of hydrogen-bond acceptors (Lipinski definition) is 4. The van der Waals surface area contributed by atoms with Crippen LogP contribution in [0.2, 0.25) is 0 Å². The highest BCUT2D eigenvalue weighted by molar-refractivity contribution is 5.92. The molecular weight excluding hydrogens is 385 g/mol. The molecule has 0 bridgehead atoms. The third-order valence-corrected chi connectivity index (χ3v) is 6.24. The van der Waals surface area contributed by atoms with Gasteiger partial charge in [0.2, 0.25) is 0 Å². The van der Waals surface area contributed by atoms with Crippen molar-refractivity contribution in [1.82, 2.24) is 14.5 Å². The normalized spacial score (nSPS) is 22.5. The first kappa shape index (κ1) is 18.7. The predicted molar refractivity (Wildman–Crippen MR) is 108 cm³/mol. The molecule has 0 saturated carbocycles. The van der Waals surface area contributed by atoms with E-state index in [1.165, 1.54) is 18.2 Å². The van der Waals surface area contributed by atoms with Crippen molar-refractivity contribution in [3.63, 3.8) is 0 Å². The van der Waals surface area contributed by atoms with Gasteiger partial charge >= 0.3 is 0 Å². The number of benzene rings is 1. The molecule has 5 rings (SSSR count). The summed E-state index contributed by atoms with van der Waals surface area (Å²) in [7, 11) is 0. The molecular formula is C23H20FN3O3. The summed E-state index contributed by atoms with van der Waals surface area (Å²) >= 11 is 0. The maximum Gasteiger partial charge on any atom is 0.272 e. The molecule has 0 radical (unpaired) electrons. The topological polar surface area (TPSA) is 75.4 Å². The van der Waals surface area contributed by atoms with Gasteiger partial charge in [0.05, 0.1) is 12.3 Å². The number of carbonyl (C=O) groups excluding carboxylic acids is 1. The number of likely N-dealkylation sites (tertiary alicyclic amines) is 1. The van der Waals surface area contributed by atoms with Crippen molar-refractivity contribution in [1.29, 1.82) is 0 Å². The van der Waals surface area contributed by atoms with E-state index in [9.17, 15) is 19.1 Å². The Morgan fingerprint density at radius 3 is 2.83 bits per heavy atom. The smallest absolute Gasteiger partial charge is 0.272 e. The summed E-state index contributed by atoms with van der Waals surface area (Å²) in [4.78, 5) is 30.6. The van der Waals surface area contributed by atoms with Gasteiger partial charge < -0.3 is 10.0 Å². The number of hydrogen-bond donors (Lipinski definition) is 1. The number of nitrogens with zero attached hydrogens (tertiary/aromatic N) is 3. The maximum absolute atomic E-state index is 13.1. The molecule has 2 unspecified atom stereocenters.